The number of nitrogen functional groups attached to an aromatic ring is 1. The van der Waals surface area contributed by atoms with Crippen LogP contribution in [0.5, 0.6) is 0 Å². The van der Waals surface area contributed by atoms with Crippen molar-refractivity contribution in [1.29, 1.82) is 0 Å². The summed E-state index contributed by atoms with van der Waals surface area (Å²) < 4.78 is 4.67. The van der Waals surface area contributed by atoms with E-state index in [-0.39, 0.29) is 12.0 Å². The van der Waals surface area contributed by atoms with Gasteiger partial charge in [-0.2, -0.15) is 0 Å². The largest absolute Gasteiger partial charge is 0.399 e. The Labute approximate surface area is 213 Å². The SMILES string of the molecule is CCCn1c(=O)c2c(nc(Cc3nnn[nH]3)n2CCNCC(O)CC)n(CCc2ccccc2N)c1=O. The molecule has 0 aliphatic heterocycles. The summed E-state index contributed by atoms with van der Waals surface area (Å²) in [6.45, 7) is 5.80. The van der Waals surface area contributed by atoms with E-state index in [1.54, 1.807) is 4.57 Å². The van der Waals surface area contributed by atoms with Gasteiger partial charge in [-0.15, -0.1) is 5.10 Å². The molecule has 3 heterocycles. The molecule has 0 saturated carbocycles. The summed E-state index contributed by atoms with van der Waals surface area (Å²) in [4.78, 5) is 31.8. The fourth-order valence-corrected chi connectivity index (χ4v) is 4.34. The minimum atomic E-state index is -0.448. The molecule has 0 amide bonds. The molecule has 37 heavy (non-hydrogen) atoms. The standard InChI is InChI=1S/C24H34N10O3/c1-3-11-34-23(36)21-22(33(24(34)37)12-9-16-7-5-6-8-18(16)25)27-20(14-19-28-30-31-29-19)32(21)13-10-26-15-17(35)4-2/h5-8,17,26,35H,3-4,9-15,25H2,1-2H3,(H,28,29,30,31). The number of tetrazole rings is 1. The minimum absolute atomic E-state index is 0.256. The number of aliphatic hydroxyl groups is 1. The molecule has 13 heteroatoms. The van der Waals surface area contributed by atoms with Crippen molar-refractivity contribution in [1.82, 2.24) is 44.6 Å². The van der Waals surface area contributed by atoms with Crippen molar-refractivity contribution in [2.45, 2.75) is 65.3 Å². The first-order valence-corrected chi connectivity index (χ1v) is 12.6. The van der Waals surface area contributed by atoms with E-state index in [4.69, 9.17) is 10.7 Å². The lowest BCUT2D eigenvalue weighted by atomic mass is 10.1. The van der Waals surface area contributed by atoms with Crippen LogP contribution < -0.4 is 22.3 Å². The molecule has 4 aromatic rings. The number of imidazole rings is 1. The molecule has 0 spiro atoms. The number of aromatic amines is 1. The minimum Gasteiger partial charge on any atom is -0.399 e. The van der Waals surface area contributed by atoms with Gasteiger partial charge in [0.2, 0.25) is 0 Å². The summed E-state index contributed by atoms with van der Waals surface area (Å²) in [6.07, 6.45) is 1.60. The van der Waals surface area contributed by atoms with E-state index in [1.165, 1.54) is 4.57 Å². The van der Waals surface area contributed by atoms with Crippen LogP contribution in [0.25, 0.3) is 11.2 Å². The van der Waals surface area contributed by atoms with Crippen LogP contribution in [0.2, 0.25) is 0 Å². The molecule has 0 aliphatic carbocycles. The number of nitrogens with two attached hydrogens (primary N) is 1. The van der Waals surface area contributed by atoms with Crippen LogP contribution in [-0.2, 0) is 32.5 Å². The van der Waals surface area contributed by atoms with E-state index >= 15 is 0 Å². The monoisotopic (exact) mass is 510 g/mol. The number of anilines is 1. The second-order valence-corrected chi connectivity index (χ2v) is 8.98. The van der Waals surface area contributed by atoms with Gasteiger partial charge in [0.1, 0.15) is 5.82 Å². The molecular weight excluding hydrogens is 476 g/mol. The Balaban J connectivity index is 1.80. The topological polar surface area (TPSA) is 175 Å². The number of hydrogen-bond donors (Lipinski definition) is 4. The fourth-order valence-electron chi connectivity index (χ4n) is 4.34. The van der Waals surface area contributed by atoms with Crippen molar-refractivity contribution in [2.75, 3.05) is 18.8 Å². The zero-order chi connectivity index (χ0) is 26.4. The number of aromatic nitrogens is 8. The maximum absolute atomic E-state index is 13.6. The van der Waals surface area contributed by atoms with Crippen LogP contribution >= 0.6 is 0 Å². The van der Waals surface area contributed by atoms with E-state index in [1.807, 2.05) is 42.7 Å². The van der Waals surface area contributed by atoms with Crippen LogP contribution in [0.1, 0.15) is 43.9 Å². The van der Waals surface area contributed by atoms with E-state index < -0.39 is 11.8 Å². The van der Waals surface area contributed by atoms with Gasteiger partial charge in [-0.25, -0.2) is 14.9 Å². The Morgan fingerprint density at radius 1 is 1.11 bits per heavy atom. The third-order valence-electron chi connectivity index (χ3n) is 6.38. The normalized spacial score (nSPS) is 12.4. The molecular formula is C24H34N10O3. The first kappa shape index (κ1) is 26.2. The molecule has 0 fully saturated rings. The molecule has 4 rings (SSSR count). The van der Waals surface area contributed by atoms with Crippen LogP contribution in [0.4, 0.5) is 5.69 Å². The Hall–Kier alpha value is -3.84. The average Bonchev–Trinajstić information content (AvgIpc) is 3.53. The maximum atomic E-state index is 13.6. The quantitative estimate of drug-likeness (QED) is 0.143. The summed E-state index contributed by atoms with van der Waals surface area (Å²) >= 11 is 0. The van der Waals surface area contributed by atoms with E-state index in [9.17, 15) is 14.7 Å². The molecule has 198 valence electrons. The molecule has 5 N–H and O–H groups in total. The molecule has 13 nitrogen and oxygen atoms in total. The zero-order valence-electron chi connectivity index (χ0n) is 21.2. The van der Waals surface area contributed by atoms with Gasteiger partial charge in [0.25, 0.3) is 5.56 Å². The van der Waals surface area contributed by atoms with Gasteiger partial charge in [0.15, 0.2) is 17.0 Å². The molecule has 0 radical (unpaired) electrons. The molecule has 0 aliphatic rings. The molecule has 3 aromatic heterocycles. The van der Waals surface area contributed by atoms with Gasteiger partial charge in [-0.05, 0) is 41.3 Å². The van der Waals surface area contributed by atoms with Crippen LogP contribution in [-0.4, -0.2) is 63.6 Å². The van der Waals surface area contributed by atoms with Gasteiger partial charge in [0, 0.05) is 38.4 Å². The van der Waals surface area contributed by atoms with Crippen LogP contribution in [0.3, 0.4) is 0 Å². The smallest absolute Gasteiger partial charge is 0.332 e. The molecule has 0 saturated heterocycles. The number of H-pyrrole nitrogens is 1. The van der Waals surface area contributed by atoms with Crippen LogP contribution in [0.15, 0.2) is 33.9 Å². The number of rotatable bonds is 13. The highest BCUT2D eigenvalue weighted by Gasteiger charge is 2.22. The summed E-state index contributed by atoms with van der Waals surface area (Å²) in [5.74, 6) is 1.05. The number of aliphatic hydroxyl groups excluding tert-OH is 1. The van der Waals surface area contributed by atoms with Gasteiger partial charge in [-0.1, -0.05) is 32.0 Å². The van der Waals surface area contributed by atoms with E-state index in [2.05, 4.69) is 25.9 Å². The number of hydrogen-bond acceptors (Lipinski definition) is 9. The van der Waals surface area contributed by atoms with Crippen molar-refractivity contribution in [2.24, 2.45) is 0 Å². The summed E-state index contributed by atoms with van der Waals surface area (Å²) in [5.41, 5.74) is 7.62. The Morgan fingerprint density at radius 3 is 2.62 bits per heavy atom. The lowest BCUT2D eigenvalue weighted by molar-refractivity contribution is 0.167. The lowest BCUT2D eigenvalue weighted by Gasteiger charge is -2.14. The Morgan fingerprint density at radius 2 is 1.92 bits per heavy atom. The Bertz CT molecular complexity index is 1440. The molecule has 1 aromatic carbocycles. The van der Waals surface area contributed by atoms with Gasteiger partial charge < -0.3 is 20.7 Å². The van der Waals surface area contributed by atoms with Crippen molar-refractivity contribution in [3.05, 3.63) is 62.3 Å². The lowest BCUT2D eigenvalue weighted by Crippen LogP contribution is -2.41. The number of nitrogens with zero attached hydrogens (tertiary/aromatic N) is 7. The number of para-hydroxylation sites is 1. The van der Waals surface area contributed by atoms with Crippen LogP contribution in [0, 0.1) is 0 Å². The van der Waals surface area contributed by atoms with E-state index in [0.717, 1.165) is 5.56 Å². The second kappa shape index (κ2) is 11.9. The third-order valence-corrected chi connectivity index (χ3v) is 6.38. The average molecular weight is 511 g/mol. The fraction of sp³-hybridized carbons (Fsp3) is 0.500. The second-order valence-electron chi connectivity index (χ2n) is 8.98. The highest BCUT2D eigenvalue weighted by Crippen LogP contribution is 2.16. The molecule has 1 atom stereocenters. The first-order chi connectivity index (χ1) is 17.9. The Kier molecular flexibility index (Phi) is 8.46. The predicted molar refractivity (Wildman–Crippen MR) is 139 cm³/mol. The molecule has 0 bridgehead atoms. The van der Waals surface area contributed by atoms with E-state index in [0.29, 0.717) is 80.5 Å². The van der Waals surface area contributed by atoms with Gasteiger partial charge >= 0.3 is 5.69 Å². The maximum Gasteiger partial charge on any atom is 0.332 e. The number of nitrogens with one attached hydrogen (secondary N) is 2. The van der Waals surface area contributed by atoms with Gasteiger partial charge in [-0.3, -0.25) is 13.9 Å². The zero-order valence-corrected chi connectivity index (χ0v) is 21.2. The highest BCUT2D eigenvalue weighted by molar-refractivity contribution is 5.71. The first-order valence-electron chi connectivity index (χ1n) is 12.6. The molecule has 1 unspecified atom stereocenters. The summed E-state index contributed by atoms with van der Waals surface area (Å²) in [7, 11) is 0. The van der Waals surface area contributed by atoms with Crippen molar-refractivity contribution >= 4 is 16.9 Å². The number of aryl methyl sites for hydroxylation is 2. The van der Waals surface area contributed by atoms with Crippen molar-refractivity contribution in [3.63, 3.8) is 0 Å². The summed E-state index contributed by atoms with van der Waals surface area (Å²) in [5, 5.41) is 27.1. The van der Waals surface area contributed by atoms with Crippen molar-refractivity contribution in [3.8, 4) is 0 Å². The van der Waals surface area contributed by atoms with Crippen molar-refractivity contribution < 1.29 is 5.11 Å². The predicted octanol–water partition coefficient (Wildman–Crippen LogP) is 0.0590. The number of fused-ring (bicyclic) bond motifs is 1. The number of benzene rings is 1. The highest BCUT2D eigenvalue weighted by atomic mass is 16.3. The third kappa shape index (κ3) is 5.78. The summed E-state index contributed by atoms with van der Waals surface area (Å²) in [6, 6.07) is 7.52. The van der Waals surface area contributed by atoms with Gasteiger partial charge in [0.05, 0.1) is 12.5 Å².